The molecule has 0 saturated carbocycles. The second-order valence-corrected chi connectivity index (χ2v) is 5.84. The second-order valence-electron chi connectivity index (χ2n) is 5.02. The molecule has 1 heterocycles. The largest absolute Gasteiger partial charge is 0.369 e. The molecule has 1 saturated heterocycles. The first-order chi connectivity index (χ1) is 9.11. The number of nitrogens with zero attached hydrogens (tertiary/aromatic N) is 1. The van der Waals surface area contributed by atoms with Gasteiger partial charge in [0.2, 0.25) is 0 Å². The Labute approximate surface area is 123 Å². The summed E-state index contributed by atoms with van der Waals surface area (Å²) in [5.74, 6) is 0.211. The molecule has 2 nitrogen and oxygen atoms in total. The number of anilines is 1. The van der Waals surface area contributed by atoms with Crippen molar-refractivity contribution in [1.29, 1.82) is 0 Å². The monoisotopic (exact) mass is 304 g/mol. The topological polar surface area (TPSA) is 15.3 Å². The molecule has 0 radical (unpaired) electrons. The summed E-state index contributed by atoms with van der Waals surface area (Å²) in [6.45, 7) is 6.06. The summed E-state index contributed by atoms with van der Waals surface area (Å²) in [5, 5.41) is 4.23. The van der Waals surface area contributed by atoms with Crippen molar-refractivity contribution in [3.05, 3.63) is 28.0 Å². The highest BCUT2D eigenvalue weighted by molar-refractivity contribution is 6.39. The summed E-state index contributed by atoms with van der Waals surface area (Å²) in [5.41, 5.74) is 0.766. The second kappa shape index (κ2) is 6.78. The summed E-state index contributed by atoms with van der Waals surface area (Å²) in [4.78, 5) is 2.16. The summed E-state index contributed by atoms with van der Waals surface area (Å²) >= 11 is 12.2. The normalized spacial score (nSPS) is 19.2. The predicted molar refractivity (Wildman–Crippen MR) is 79.9 cm³/mol. The van der Waals surface area contributed by atoms with Gasteiger partial charge in [-0.25, -0.2) is 4.39 Å². The summed E-state index contributed by atoms with van der Waals surface area (Å²) in [7, 11) is 0. The Morgan fingerprint density at radius 1 is 1.37 bits per heavy atom. The van der Waals surface area contributed by atoms with Gasteiger partial charge in [0.25, 0.3) is 0 Å². The van der Waals surface area contributed by atoms with Crippen molar-refractivity contribution in [2.75, 3.05) is 31.1 Å². The number of rotatable bonds is 5. The first-order valence-corrected chi connectivity index (χ1v) is 7.47. The summed E-state index contributed by atoms with van der Waals surface area (Å²) in [6.07, 6.45) is 2.26. The fourth-order valence-corrected chi connectivity index (χ4v) is 3.22. The summed E-state index contributed by atoms with van der Waals surface area (Å²) in [6, 6.07) is 2.65. The molecule has 1 aliphatic rings. The van der Waals surface area contributed by atoms with E-state index < -0.39 is 0 Å². The molecule has 1 unspecified atom stereocenters. The highest BCUT2D eigenvalue weighted by atomic mass is 35.5. The van der Waals surface area contributed by atoms with Crippen LogP contribution >= 0.6 is 23.2 Å². The molecule has 1 aromatic carbocycles. The number of hydrogen-bond acceptors (Lipinski definition) is 2. The first-order valence-electron chi connectivity index (χ1n) is 6.72. The Balaban J connectivity index is 2.01. The van der Waals surface area contributed by atoms with Gasteiger partial charge in [-0.05, 0) is 44.0 Å². The van der Waals surface area contributed by atoms with Gasteiger partial charge in [0.1, 0.15) is 5.82 Å². The van der Waals surface area contributed by atoms with Crippen LogP contribution in [0, 0.1) is 11.7 Å². The van der Waals surface area contributed by atoms with Crippen LogP contribution in [0.3, 0.4) is 0 Å². The Bertz CT molecular complexity index is 416. The van der Waals surface area contributed by atoms with E-state index in [-0.39, 0.29) is 5.82 Å². The third kappa shape index (κ3) is 3.74. The lowest BCUT2D eigenvalue weighted by molar-refractivity contribution is 0.516. The van der Waals surface area contributed by atoms with Crippen molar-refractivity contribution >= 4 is 28.9 Å². The molecular formula is C14H19Cl2FN2. The van der Waals surface area contributed by atoms with Crippen molar-refractivity contribution in [3.63, 3.8) is 0 Å². The van der Waals surface area contributed by atoms with Gasteiger partial charge in [0.15, 0.2) is 0 Å². The quantitative estimate of drug-likeness (QED) is 0.828. The third-order valence-electron chi connectivity index (χ3n) is 3.44. The van der Waals surface area contributed by atoms with Crippen molar-refractivity contribution in [1.82, 2.24) is 5.32 Å². The van der Waals surface area contributed by atoms with E-state index in [2.05, 4.69) is 17.1 Å². The minimum absolute atomic E-state index is 0.390. The van der Waals surface area contributed by atoms with E-state index in [0.717, 1.165) is 44.7 Å². The molecule has 0 aromatic heterocycles. The maximum absolute atomic E-state index is 13.2. The fraction of sp³-hybridized carbons (Fsp3) is 0.571. The highest BCUT2D eigenvalue weighted by Crippen LogP contribution is 2.37. The predicted octanol–water partition coefficient (Wildman–Crippen LogP) is 3.96. The molecule has 1 atom stereocenters. The first kappa shape index (κ1) is 14.9. The zero-order chi connectivity index (χ0) is 13.8. The Kier molecular flexibility index (Phi) is 5.31. The molecule has 0 aliphatic carbocycles. The molecule has 1 fully saturated rings. The maximum Gasteiger partial charge on any atom is 0.126 e. The molecule has 5 heteroatoms. The average Bonchev–Trinajstić information content (AvgIpc) is 2.76. The van der Waals surface area contributed by atoms with Gasteiger partial charge in [-0.2, -0.15) is 0 Å². The smallest absolute Gasteiger partial charge is 0.126 e. The number of hydrogen-bond donors (Lipinski definition) is 1. The van der Waals surface area contributed by atoms with E-state index in [0.29, 0.717) is 16.0 Å². The third-order valence-corrected chi connectivity index (χ3v) is 4.02. The molecule has 1 aliphatic heterocycles. The van der Waals surface area contributed by atoms with Crippen LogP contribution in [0.2, 0.25) is 10.0 Å². The number of nitrogens with one attached hydrogen (secondary N) is 1. The van der Waals surface area contributed by atoms with Gasteiger partial charge in [0, 0.05) is 13.1 Å². The molecule has 1 aromatic rings. The lowest BCUT2D eigenvalue weighted by Crippen LogP contribution is -2.27. The zero-order valence-corrected chi connectivity index (χ0v) is 12.6. The molecule has 106 valence electrons. The van der Waals surface area contributed by atoms with E-state index in [1.54, 1.807) is 0 Å². The van der Waals surface area contributed by atoms with Gasteiger partial charge in [-0.15, -0.1) is 0 Å². The van der Waals surface area contributed by atoms with Crippen molar-refractivity contribution in [2.24, 2.45) is 5.92 Å². The van der Waals surface area contributed by atoms with Crippen molar-refractivity contribution < 1.29 is 4.39 Å². The molecular weight excluding hydrogens is 286 g/mol. The van der Waals surface area contributed by atoms with Gasteiger partial charge in [-0.1, -0.05) is 30.1 Å². The van der Waals surface area contributed by atoms with E-state index in [1.165, 1.54) is 12.1 Å². The van der Waals surface area contributed by atoms with E-state index in [9.17, 15) is 4.39 Å². The van der Waals surface area contributed by atoms with Gasteiger partial charge >= 0.3 is 0 Å². The summed E-state index contributed by atoms with van der Waals surface area (Å²) < 4.78 is 13.2. The van der Waals surface area contributed by atoms with E-state index in [1.807, 2.05) is 0 Å². The Morgan fingerprint density at radius 3 is 2.68 bits per heavy atom. The molecule has 19 heavy (non-hydrogen) atoms. The van der Waals surface area contributed by atoms with Crippen LogP contribution in [-0.4, -0.2) is 26.2 Å². The van der Waals surface area contributed by atoms with Gasteiger partial charge in [0.05, 0.1) is 15.7 Å². The van der Waals surface area contributed by atoms with E-state index >= 15 is 0 Å². The lowest BCUT2D eigenvalue weighted by Gasteiger charge is -2.21. The minimum atomic E-state index is -0.390. The average molecular weight is 305 g/mol. The van der Waals surface area contributed by atoms with Crippen LogP contribution in [-0.2, 0) is 0 Å². The van der Waals surface area contributed by atoms with Crippen molar-refractivity contribution in [3.8, 4) is 0 Å². The molecule has 0 bridgehead atoms. The van der Waals surface area contributed by atoms with E-state index in [4.69, 9.17) is 23.2 Å². The van der Waals surface area contributed by atoms with Crippen LogP contribution in [0.5, 0.6) is 0 Å². The fourth-order valence-electron chi connectivity index (χ4n) is 2.52. The van der Waals surface area contributed by atoms with Crippen molar-refractivity contribution in [2.45, 2.75) is 19.8 Å². The van der Waals surface area contributed by atoms with Crippen LogP contribution < -0.4 is 10.2 Å². The van der Waals surface area contributed by atoms with Gasteiger partial charge in [-0.3, -0.25) is 0 Å². The standard InChI is InChI=1S/C14H19Cl2FN2/c1-2-4-18-8-10-3-5-19(9-10)14-12(15)6-11(17)7-13(14)16/h6-7,10,18H,2-5,8-9H2,1H3. The number of benzene rings is 1. The van der Waals surface area contributed by atoms with Crippen LogP contribution in [0.1, 0.15) is 19.8 Å². The molecule has 2 rings (SSSR count). The molecule has 1 N–H and O–H groups in total. The Morgan fingerprint density at radius 2 is 2.05 bits per heavy atom. The van der Waals surface area contributed by atoms with Crippen LogP contribution in [0.15, 0.2) is 12.1 Å². The molecule has 0 spiro atoms. The number of halogens is 3. The van der Waals surface area contributed by atoms with Crippen LogP contribution in [0.4, 0.5) is 10.1 Å². The zero-order valence-electron chi connectivity index (χ0n) is 11.1. The molecule has 0 amide bonds. The Hall–Kier alpha value is -0.510. The minimum Gasteiger partial charge on any atom is -0.369 e. The van der Waals surface area contributed by atoms with Gasteiger partial charge < -0.3 is 10.2 Å². The van der Waals surface area contributed by atoms with Crippen LogP contribution in [0.25, 0.3) is 0 Å². The highest BCUT2D eigenvalue weighted by Gasteiger charge is 2.25. The lowest BCUT2D eigenvalue weighted by atomic mass is 10.1. The maximum atomic E-state index is 13.2. The SMILES string of the molecule is CCCNCC1CCN(c2c(Cl)cc(F)cc2Cl)C1.